The van der Waals surface area contributed by atoms with E-state index >= 15 is 0 Å². The highest BCUT2D eigenvalue weighted by atomic mass is 16.5. The summed E-state index contributed by atoms with van der Waals surface area (Å²) in [6, 6.07) is 12.6. The Balaban J connectivity index is 1.71. The average Bonchev–Trinajstić information content (AvgIpc) is 2.69. The zero-order chi connectivity index (χ0) is 18.2. The second-order valence-electron chi connectivity index (χ2n) is 6.66. The fourth-order valence-corrected chi connectivity index (χ4v) is 2.85. The maximum absolute atomic E-state index is 5.40. The van der Waals surface area contributed by atoms with E-state index in [1.165, 1.54) is 0 Å². The molecule has 0 bridgehead atoms. The van der Waals surface area contributed by atoms with Gasteiger partial charge in [0.2, 0.25) is 5.95 Å². The standard InChI is InChI=1S/C20H29N5O/c1-3-16(2)22-20-23-18(17-7-5-4-6-8-17)15-19(24-20)21-9-10-25-11-13-26-14-12-25/h4-8,15-16H,3,9-14H2,1-2H3,(H2,21,22,23,24)/t16-/m0/s1. The van der Waals surface area contributed by atoms with E-state index < -0.39 is 0 Å². The Labute approximate surface area is 156 Å². The van der Waals surface area contributed by atoms with Gasteiger partial charge in [0.05, 0.1) is 18.9 Å². The Hall–Kier alpha value is -2.18. The number of anilines is 2. The highest BCUT2D eigenvalue weighted by molar-refractivity contribution is 5.64. The molecule has 26 heavy (non-hydrogen) atoms. The van der Waals surface area contributed by atoms with Gasteiger partial charge in [-0.25, -0.2) is 4.98 Å². The van der Waals surface area contributed by atoms with Crippen molar-refractivity contribution >= 4 is 11.8 Å². The number of morpholine rings is 1. The summed E-state index contributed by atoms with van der Waals surface area (Å²) >= 11 is 0. The molecule has 2 aromatic rings. The topological polar surface area (TPSA) is 62.3 Å². The third-order valence-electron chi connectivity index (χ3n) is 4.62. The Morgan fingerprint density at radius 3 is 2.65 bits per heavy atom. The normalized spacial score (nSPS) is 16.2. The number of rotatable bonds is 8. The van der Waals surface area contributed by atoms with Crippen LogP contribution in [0.3, 0.4) is 0 Å². The average molecular weight is 355 g/mol. The van der Waals surface area contributed by atoms with Crippen LogP contribution >= 0.6 is 0 Å². The molecule has 1 saturated heterocycles. The minimum atomic E-state index is 0.335. The van der Waals surface area contributed by atoms with Gasteiger partial charge in [-0.2, -0.15) is 4.98 Å². The van der Waals surface area contributed by atoms with Gasteiger partial charge in [0.15, 0.2) is 0 Å². The number of nitrogens with one attached hydrogen (secondary N) is 2. The van der Waals surface area contributed by atoms with E-state index in [4.69, 9.17) is 9.72 Å². The van der Waals surface area contributed by atoms with Crippen molar-refractivity contribution < 1.29 is 4.74 Å². The molecule has 6 nitrogen and oxygen atoms in total. The summed E-state index contributed by atoms with van der Waals surface area (Å²) in [6.45, 7) is 9.80. The molecule has 1 aromatic heterocycles. The van der Waals surface area contributed by atoms with E-state index in [9.17, 15) is 0 Å². The molecule has 1 aliphatic rings. The quantitative estimate of drug-likeness (QED) is 0.759. The van der Waals surface area contributed by atoms with Crippen molar-refractivity contribution in [3.8, 4) is 11.3 Å². The molecule has 0 unspecified atom stereocenters. The lowest BCUT2D eigenvalue weighted by molar-refractivity contribution is 0.0398. The van der Waals surface area contributed by atoms with E-state index in [2.05, 4.69) is 46.5 Å². The fourth-order valence-electron chi connectivity index (χ4n) is 2.85. The molecule has 0 radical (unpaired) electrons. The van der Waals surface area contributed by atoms with Gasteiger partial charge in [-0.3, -0.25) is 4.90 Å². The van der Waals surface area contributed by atoms with Crippen LogP contribution < -0.4 is 10.6 Å². The molecule has 0 aliphatic carbocycles. The number of hydrogen-bond acceptors (Lipinski definition) is 6. The van der Waals surface area contributed by atoms with E-state index in [1.807, 2.05) is 24.3 Å². The molecule has 6 heteroatoms. The number of benzene rings is 1. The maximum Gasteiger partial charge on any atom is 0.225 e. The van der Waals surface area contributed by atoms with Gasteiger partial charge in [-0.15, -0.1) is 0 Å². The van der Waals surface area contributed by atoms with Crippen LogP contribution in [0.1, 0.15) is 20.3 Å². The molecule has 3 rings (SSSR count). The molecular formula is C20H29N5O. The molecule has 1 aromatic carbocycles. The molecular weight excluding hydrogens is 326 g/mol. The van der Waals surface area contributed by atoms with Crippen LogP contribution in [0.2, 0.25) is 0 Å². The predicted molar refractivity (Wildman–Crippen MR) is 107 cm³/mol. The summed E-state index contributed by atoms with van der Waals surface area (Å²) < 4.78 is 5.40. The molecule has 0 saturated carbocycles. The first kappa shape index (κ1) is 18.6. The lowest BCUT2D eigenvalue weighted by Crippen LogP contribution is -2.39. The van der Waals surface area contributed by atoms with Crippen LogP contribution in [0.25, 0.3) is 11.3 Å². The lowest BCUT2D eigenvalue weighted by Gasteiger charge is -2.26. The molecule has 1 fully saturated rings. The SMILES string of the molecule is CC[C@H](C)Nc1nc(NCCN2CCOCC2)cc(-c2ccccc2)n1. The molecule has 1 aliphatic heterocycles. The van der Waals surface area contributed by atoms with Crippen LogP contribution in [0, 0.1) is 0 Å². The Kier molecular flexibility index (Phi) is 6.80. The summed E-state index contributed by atoms with van der Waals surface area (Å²) in [6.07, 6.45) is 1.03. The lowest BCUT2D eigenvalue weighted by atomic mass is 10.1. The Bertz CT molecular complexity index is 673. The van der Waals surface area contributed by atoms with Gasteiger partial charge in [-0.05, 0) is 13.3 Å². The predicted octanol–water partition coefficient (Wildman–Crippen LogP) is 3.10. The van der Waals surface area contributed by atoms with Crippen molar-refractivity contribution in [3.05, 3.63) is 36.4 Å². The highest BCUT2D eigenvalue weighted by Gasteiger charge is 2.11. The molecule has 0 spiro atoms. The smallest absolute Gasteiger partial charge is 0.225 e. The number of nitrogens with zero attached hydrogens (tertiary/aromatic N) is 3. The Morgan fingerprint density at radius 2 is 1.92 bits per heavy atom. The third-order valence-corrected chi connectivity index (χ3v) is 4.62. The second kappa shape index (κ2) is 9.50. The van der Waals surface area contributed by atoms with Crippen molar-refractivity contribution in [2.24, 2.45) is 0 Å². The molecule has 2 N–H and O–H groups in total. The van der Waals surface area contributed by atoms with E-state index in [0.717, 1.165) is 62.9 Å². The zero-order valence-corrected chi connectivity index (χ0v) is 15.7. The molecule has 140 valence electrons. The maximum atomic E-state index is 5.40. The van der Waals surface area contributed by atoms with E-state index in [-0.39, 0.29) is 0 Å². The minimum Gasteiger partial charge on any atom is -0.379 e. The summed E-state index contributed by atoms with van der Waals surface area (Å²) in [5.41, 5.74) is 2.03. The number of ether oxygens (including phenoxy) is 1. The van der Waals surface area contributed by atoms with Crippen molar-refractivity contribution in [1.82, 2.24) is 14.9 Å². The van der Waals surface area contributed by atoms with E-state index in [1.54, 1.807) is 0 Å². The van der Waals surface area contributed by atoms with Gasteiger partial charge < -0.3 is 15.4 Å². The minimum absolute atomic E-state index is 0.335. The largest absolute Gasteiger partial charge is 0.379 e. The second-order valence-corrected chi connectivity index (χ2v) is 6.66. The first-order chi connectivity index (χ1) is 12.7. The van der Waals surface area contributed by atoms with Crippen molar-refractivity contribution in [2.75, 3.05) is 50.0 Å². The van der Waals surface area contributed by atoms with Crippen LogP contribution in [-0.2, 0) is 4.74 Å². The van der Waals surface area contributed by atoms with Gasteiger partial charge in [0.1, 0.15) is 5.82 Å². The van der Waals surface area contributed by atoms with Crippen LogP contribution in [0.15, 0.2) is 36.4 Å². The molecule has 1 atom stereocenters. The van der Waals surface area contributed by atoms with Crippen LogP contribution in [-0.4, -0.2) is 60.3 Å². The summed E-state index contributed by atoms with van der Waals surface area (Å²) in [5.74, 6) is 1.53. The molecule has 0 amide bonds. The van der Waals surface area contributed by atoms with E-state index in [0.29, 0.717) is 12.0 Å². The highest BCUT2D eigenvalue weighted by Crippen LogP contribution is 2.21. The zero-order valence-electron chi connectivity index (χ0n) is 15.7. The van der Waals surface area contributed by atoms with Crippen molar-refractivity contribution in [3.63, 3.8) is 0 Å². The van der Waals surface area contributed by atoms with Crippen LogP contribution in [0.5, 0.6) is 0 Å². The molecule has 2 heterocycles. The van der Waals surface area contributed by atoms with Crippen molar-refractivity contribution in [2.45, 2.75) is 26.3 Å². The van der Waals surface area contributed by atoms with Gasteiger partial charge in [-0.1, -0.05) is 37.3 Å². The monoisotopic (exact) mass is 355 g/mol. The van der Waals surface area contributed by atoms with Gasteiger partial charge in [0, 0.05) is 43.9 Å². The number of aromatic nitrogens is 2. The van der Waals surface area contributed by atoms with Gasteiger partial charge in [0.25, 0.3) is 0 Å². The first-order valence-corrected chi connectivity index (χ1v) is 9.49. The fraction of sp³-hybridized carbons (Fsp3) is 0.500. The third kappa shape index (κ3) is 5.41. The van der Waals surface area contributed by atoms with Crippen molar-refractivity contribution in [1.29, 1.82) is 0 Å². The van der Waals surface area contributed by atoms with Gasteiger partial charge >= 0.3 is 0 Å². The van der Waals surface area contributed by atoms with Crippen LogP contribution in [0.4, 0.5) is 11.8 Å². The summed E-state index contributed by atoms with van der Waals surface area (Å²) in [4.78, 5) is 11.8. The Morgan fingerprint density at radius 1 is 1.15 bits per heavy atom. The first-order valence-electron chi connectivity index (χ1n) is 9.49. The summed E-state index contributed by atoms with van der Waals surface area (Å²) in [5, 5.41) is 6.85. The number of hydrogen-bond donors (Lipinski definition) is 2. The summed E-state index contributed by atoms with van der Waals surface area (Å²) in [7, 11) is 0.